The van der Waals surface area contributed by atoms with Crippen LogP contribution >= 0.6 is 0 Å². The summed E-state index contributed by atoms with van der Waals surface area (Å²) < 4.78 is 2.01. The van der Waals surface area contributed by atoms with Gasteiger partial charge in [-0.2, -0.15) is 5.10 Å². The molecule has 7 nitrogen and oxygen atoms in total. The average Bonchev–Trinajstić information content (AvgIpc) is 3.40. The van der Waals surface area contributed by atoms with Gasteiger partial charge in [-0.05, 0) is 39.0 Å². The maximum absolute atomic E-state index is 12.5. The zero-order valence-electron chi connectivity index (χ0n) is 16.9. The predicted molar refractivity (Wildman–Crippen MR) is 109 cm³/mol. The first-order chi connectivity index (χ1) is 13.7. The third kappa shape index (κ3) is 3.88. The van der Waals surface area contributed by atoms with Crippen molar-refractivity contribution < 1.29 is 4.79 Å². The lowest BCUT2D eigenvalue weighted by molar-refractivity contribution is -0.119. The van der Waals surface area contributed by atoms with Crippen LogP contribution in [0.15, 0.2) is 18.5 Å². The van der Waals surface area contributed by atoms with Crippen LogP contribution in [0, 0.1) is 12.8 Å². The van der Waals surface area contributed by atoms with Crippen LogP contribution in [0.25, 0.3) is 0 Å². The molecule has 2 aliphatic rings. The number of carbonyl (C=O) groups is 1. The van der Waals surface area contributed by atoms with Gasteiger partial charge in [0.2, 0.25) is 5.91 Å². The lowest BCUT2D eigenvalue weighted by Crippen LogP contribution is -2.36. The number of aryl methyl sites for hydroxylation is 2. The Morgan fingerprint density at radius 3 is 2.68 bits per heavy atom. The van der Waals surface area contributed by atoms with E-state index in [1.54, 1.807) is 6.20 Å². The molecule has 7 heteroatoms. The average molecular weight is 383 g/mol. The number of hydrogen-bond acceptors (Lipinski definition) is 5. The molecular formula is C21H30N6O. The summed E-state index contributed by atoms with van der Waals surface area (Å²) in [5, 5.41) is 7.65. The Morgan fingerprint density at radius 1 is 1.21 bits per heavy atom. The molecule has 1 N–H and O–H groups in total. The second-order valence-corrected chi connectivity index (χ2v) is 7.97. The van der Waals surface area contributed by atoms with Crippen LogP contribution in [0.5, 0.6) is 0 Å². The number of nitrogens with one attached hydrogen (secondary N) is 1. The molecule has 2 fully saturated rings. The summed E-state index contributed by atoms with van der Waals surface area (Å²) in [4.78, 5) is 23.9. The minimum Gasteiger partial charge on any atom is -0.356 e. The van der Waals surface area contributed by atoms with Crippen LogP contribution in [-0.4, -0.2) is 38.7 Å². The summed E-state index contributed by atoms with van der Waals surface area (Å²) in [5.74, 6) is 3.05. The summed E-state index contributed by atoms with van der Waals surface area (Å²) in [6.45, 7) is 5.96. The van der Waals surface area contributed by atoms with Crippen molar-refractivity contribution in [2.75, 3.05) is 23.3 Å². The molecule has 0 radical (unpaired) electrons. The maximum atomic E-state index is 12.5. The first-order valence-electron chi connectivity index (χ1n) is 10.6. The molecule has 0 spiro atoms. The lowest BCUT2D eigenvalue weighted by Gasteiger charge is -2.34. The number of aromatic nitrogens is 4. The molecular weight excluding hydrogens is 352 g/mol. The Bertz CT molecular complexity index is 818. The molecule has 0 aromatic carbocycles. The SMILES string of the molecule is CCc1cnc(C)nc1N1CCC(n2nccc2NC(=O)C2CCCC2)CC1. The van der Waals surface area contributed by atoms with Crippen LogP contribution in [0.1, 0.15) is 62.9 Å². The highest BCUT2D eigenvalue weighted by Gasteiger charge is 2.27. The van der Waals surface area contributed by atoms with Gasteiger partial charge in [0.15, 0.2) is 0 Å². The van der Waals surface area contributed by atoms with E-state index in [1.165, 1.54) is 5.56 Å². The number of hydrogen-bond donors (Lipinski definition) is 1. The van der Waals surface area contributed by atoms with Crippen molar-refractivity contribution in [3.8, 4) is 0 Å². The highest BCUT2D eigenvalue weighted by atomic mass is 16.2. The number of rotatable bonds is 5. The number of carbonyl (C=O) groups excluding carboxylic acids is 1. The lowest BCUT2D eigenvalue weighted by atomic mass is 10.0. The van der Waals surface area contributed by atoms with Crippen molar-refractivity contribution in [3.63, 3.8) is 0 Å². The first-order valence-corrected chi connectivity index (χ1v) is 10.6. The van der Waals surface area contributed by atoms with Gasteiger partial charge in [-0.1, -0.05) is 19.8 Å². The minimum absolute atomic E-state index is 0.153. The number of anilines is 2. The predicted octanol–water partition coefficient (Wildman–Crippen LogP) is 3.51. The molecule has 28 heavy (non-hydrogen) atoms. The van der Waals surface area contributed by atoms with Crippen LogP contribution in [-0.2, 0) is 11.2 Å². The topological polar surface area (TPSA) is 75.9 Å². The van der Waals surface area contributed by atoms with E-state index in [1.807, 2.05) is 23.9 Å². The van der Waals surface area contributed by atoms with Crippen molar-refractivity contribution in [3.05, 3.63) is 29.8 Å². The van der Waals surface area contributed by atoms with Gasteiger partial charge >= 0.3 is 0 Å². The van der Waals surface area contributed by atoms with Crippen molar-refractivity contribution in [2.24, 2.45) is 5.92 Å². The smallest absolute Gasteiger partial charge is 0.228 e. The van der Waals surface area contributed by atoms with E-state index in [4.69, 9.17) is 4.98 Å². The van der Waals surface area contributed by atoms with Gasteiger partial charge in [0.25, 0.3) is 0 Å². The van der Waals surface area contributed by atoms with Gasteiger partial charge < -0.3 is 10.2 Å². The van der Waals surface area contributed by atoms with Gasteiger partial charge in [0, 0.05) is 36.8 Å². The molecule has 2 aromatic rings. The zero-order chi connectivity index (χ0) is 19.5. The summed E-state index contributed by atoms with van der Waals surface area (Å²) in [6.07, 6.45) is 11.0. The van der Waals surface area contributed by atoms with Crippen molar-refractivity contribution in [2.45, 2.75) is 64.8 Å². The summed E-state index contributed by atoms with van der Waals surface area (Å²) in [6, 6.07) is 2.22. The monoisotopic (exact) mass is 382 g/mol. The summed E-state index contributed by atoms with van der Waals surface area (Å²) >= 11 is 0. The van der Waals surface area contributed by atoms with E-state index < -0.39 is 0 Å². The first kappa shape index (κ1) is 18.9. The summed E-state index contributed by atoms with van der Waals surface area (Å²) in [5.41, 5.74) is 1.20. The number of piperidine rings is 1. The fraction of sp³-hybridized carbons (Fsp3) is 0.619. The van der Waals surface area contributed by atoms with E-state index >= 15 is 0 Å². The molecule has 1 amide bonds. The van der Waals surface area contributed by atoms with Crippen molar-refractivity contribution >= 4 is 17.5 Å². The Balaban J connectivity index is 1.41. The van der Waals surface area contributed by atoms with E-state index in [2.05, 4.69) is 27.2 Å². The van der Waals surface area contributed by atoms with Crippen LogP contribution in [0.4, 0.5) is 11.6 Å². The van der Waals surface area contributed by atoms with E-state index in [9.17, 15) is 4.79 Å². The Kier molecular flexibility index (Phi) is 5.59. The maximum Gasteiger partial charge on any atom is 0.228 e. The van der Waals surface area contributed by atoms with Gasteiger partial charge in [-0.3, -0.25) is 4.79 Å². The molecule has 1 saturated carbocycles. The second kappa shape index (κ2) is 8.29. The van der Waals surface area contributed by atoms with E-state index in [0.717, 1.165) is 75.5 Å². The van der Waals surface area contributed by atoms with Crippen molar-refractivity contribution in [1.82, 2.24) is 19.7 Å². The standard InChI is InChI=1S/C21H30N6O/c1-3-16-14-22-15(2)24-20(16)26-12-9-18(10-13-26)27-19(8-11-23-27)25-21(28)17-6-4-5-7-17/h8,11,14,17-18H,3-7,9-10,12-13H2,1-2H3,(H,25,28). The molecule has 1 aliphatic carbocycles. The highest BCUT2D eigenvalue weighted by molar-refractivity contribution is 5.91. The second-order valence-electron chi connectivity index (χ2n) is 7.97. The van der Waals surface area contributed by atoms with Gasteiger partial charge in [-0.15, -0.1) is 0 Å². The van der Waals surface area contributed by atoms with Crippen LogP contribution in [0.3, 0.4) is 0 Å². The molecule has 0 bridgehead atoms. The Labute approximate surface area is 166 Å². The molecule has 0 unspecified atom stereocenters. The Hall–Kier alpha value is -2.44. The molecule has 1 aliphatic heterocycles. The molecule has 4 rings (SSSR count). The van der Waals surface area contributed by atoms with Gasteiger partial charge in [0.05, 0.1) is 12.2 Å². The fourth-order valence-corrected chi connectivity index (χ4v) is 4.45. The fourth-order valence-electron chi connectivity index (χ4n) is 4.45. The van der Waals surface area contributed by atoms with Crippen LogP contribution in [0.2, 0.25) is 0 Å². The highest BCUT2D eigenvalue weighted by Crippen LogP contribution is 2.30. The minimum atomic E-state index is 0.153. The molecule has 2 aromatic heterocycles. The molecule has 0 atom stereocenters. The van der Waals surface area contributed by atoms with Crippen molar-refractivity contribution in [1.29, 1.82) is 0 Å². The zero-order valence-corrected chi connectivity index (χ0v) is 16.9. The number of nitrogens with zero attached hydrogens (tertiary/aromatic N) is 5. The third-order valence-electron chi connectivity index (χ3n) is 6.10. The largest absolute Gasteiger partial charge is 0.356 e. The molecule has 1 saturated heterocycles. The number of amides is 1. The van der Waals surface area contributed by atoms with E-state index in [-0.39, 0.29) is 11.8 Å². The third-order valence-corrected chi connectivity index (χ3v) is 6.10. The molecule has 3 heterocycles. The normalized spacial score (nSPS) is 18.6. The quantitative estimate of drug-likeness (QED) is 0.856. The molecule has 150 valence electrons. The van der Waals surface area contributed by atoms with Crippen LogP contribution < -0.4 is 10.2 Å². The summed E-state index contributed by atoms with van der Waals surface area (Å²) in [7, 11) is 0. The Morgan fingerprint density at radius 2 is 1.96 bits per heavy atom. The van der Waals surface area contributed by atoms with Gasteiger partial charge in [0.1, 0.15) is 17.5 Å². The van der Waals surface area contributed by atoms with E-state index in [0.29, 0.717) is 6.04 Å². The van der Waals surface area contributed by atoms with Gasteiger partial charge in [-0.25, -0.2) is 14.6 Å².